The number of carbonyl (C=O) groups excluding carboxylic acids is 1. The van der Waals surface area contributed by atoms with E-state index < -0.39 is 5.54 Å². The Morgan fingerprint density at radius 2 is 2.29 bits per heavy atom. The number of pyridine rings is 1. The summed E-state index contributed by atoms with van der Waals surface area (Å²) in [5.74, 6) is -0.127. The summed E-state index contributed by atoms with van der Waals surface area (Å²) in [5, 5.41) is 2.89. The van der Waals surface area contributed by atoms with Crippen molar-refractivity contribution < 1.29 is 4.79 Å². The standard InChI is InChI=1S/C13H21N3O/c1-4-8-13(3,14)12(17)16-10(2)11-7-5-6-9-15-11/h5-7,9-10H,4,8,14H2,1-3H3,(H,16,17)/t10-,13?/m0/s1. The molecule has 0 saturated carbocycles. The summed E-state index contributed by atoms with van der Waals surface area (Å²) < 4.78 is 0. The molecule has 0 spiro atoms. The average Bonchev–Trinajstić information content (AvgIpc) is 2.30. The van der Waals surface area contributed by atoms with Crippen LogP contribution in [0.1, 0.15) is 45.3 Å². The smallest absolute Gasteiger partial charge is 0.240 e. The summed E-state index contributed by atoms with van der Waals surface area (Å²) in [7, 11) is 0. The molecule has 0 fully saturated rings. The Bertz CT molecular complexity index is 362. The third-order valence-electron chi connectivity index (χ3n) is 2.77. The van der Waals surface area contributed by atoms with Gasteiger partial charge in [0.1, 0.15) is 0 Å². The van der Waals surface area contributed by atoms with Crippen molar-refractivity contribution in [1.82, 2.24) is 10.3 Å². The largest absolute Gasteiger partial charge is 0.346 e. The molecule has 0 aliphatic carbocycles. The fourth-order valence-corrected chi connectivity index (χ4v) is 1.70. The van der Waals surface area contributed by atoms with E-state index in [1.54, 1.807) is 13.1 Å². The van der Waals surface area contributed by atoms with E-state index in [0.29, 0.717) is 6.42 Å². The van der Waals surface area contributed by atoms with Gasteiger partial charge in [-0.05, 0) is 32.4 Å². The van der Waals surface area contributed by atoms with E-state index in [-0.39, 0.29) is 11.9 Å². The van der Waals surface area contributed by atoms with Crippen LogP contribution in [0.2, 0.25) is 0 Å². The maximum Gasteiger partial charge on any atom is 0.240 e. The monoisotopic (exact) mass is 235 g/mol. The molecule has 3 N–H and O–H groups in total. The number of carbonyl (C=O) groups is 1. The number of amides is 1. The second kappa shape index (κ2) is 5.77. The highest BCUT2D eigenvalue weighted by atomic mass is 16.2. The molecule has 1 rings (SSSR count). The van der Waals surface area contributed by atoms with Crippen molar-refractivity contribution in [3.8, 4) is 0 Å². The van der Waals surface area contributed by atoms with Crippen LogP contribution in [-0.4, -0.2) is 16.4 Å². The Morgan fingerprint density at radius 1 is 1.59 bits per heavy atom. The number of hydrogen-bond acceptors (Lipinski definition) is 3. The van der Waals surface area contributed by atoms with Gasteiger partial charge in [0.25, 0.3) is 0 Å². The van der Waals surface area contributed by atoms with Crippen molar-refractivity contribution in [2.45, 2.75) is 45.2 Å². The first-order chi connectivity index (χ1) is 7.97. The minimum Gasteiger partial charge on any atom is -0.346 e. The second-order valence-electron chi connectivity index (χ2n) is 4.62. The van der Waals surface area contributed by atoms with E-state index in [9.17, 15) is 4.79 Å². The highest BCUT2D eigenvalue weighted by molar-refractivity contribution is 5.85. The molecule has 0 aliphatic rings. The predicted octanol–water partition coefficient (Wildman–Crippen LogP) is 1.78. The van der Waals surface area contributed by atoms with Crippen LogP contribution in [0.15, 0.2) is 24.4 Å². The third-order valence-corrected chi connectivity index (χ3v) is 2.77. The van der Waals surface area contributed by atoms with Gasteiger partial charge in [0.2, 0.25) is 5.91 Å². The van der Waals surface area contributed by atoms with Gasteiger partial charge in [-0.2, -0.15) is 0 Å². The van der Waals surface area contributed by atoms with E-state index in [2.05, 4.69) is 10.3 Å². The molecule has 94 valence electrons. The van der Waals surface area contributed by atoms with Crippen LogP contribution in [0.4, 0.5) is 0 Å². The van der Waals surface area contributed by atoms with Crippen molar-refractivity contribution in [3.63, 3.8) is 0 Å². The lowest BCUT2D eigenvalue weighted by molar-refractivity contribution is -0.126. The molecule has 1 unspecified atom stereocenters. The van der Waals surface area contributed by atoms with Crippen LogP contribution in [0.25, 0.3) is 0 Å². The summed E-state index contributed by atoms with van der Waals surface area (Å²) in [6.45, 7) is 5.68. The first-order valence-electron chi connectivity index (χ1n) is 5.98. The second-order valence-corrected chi connectivity index (χ2v) is 4.62. The first kappa shape index (κ1) is 13.6. The van der Waals surface area contributed by atoms with E-state index in [4.69, 9.17) is 5.73 Å². The quantitative estimate of drug-likeness (QED) is 0.817. The molecule has 1 aromatic rings. The molecular formula is C13H21N3O. The highest BCUT2D eigenvalue weighted by Gasteiger charge is 2.28. The molecule has 0 aromatic carbocycles. The van der Waals surface area contributed by atoms with E-state index >= 15 is 0 Å². The Labute approximate surface area is 103 Å². The maximum absolute atomic E-state index is 12.0. The number of nitrogens with two attached hydrogens (primary N) is 1. The lowest BCUT2D eigenvalue weighted by Crippen LogP contribution is -2.52. The Balaban J connectivity index is 2.63. The van der Waals surface area contributed by atoms with Gasteiger partial charge in [0.15, 0.2) is 0 Å². The van der Waals surface area contributed by atoms with Crippen LogP contribution in [0.5, 0.6) is 0 Å². The van der Waals surface area contributed by atoms with Crippen LogP contribution in [-0.2, 0) is 4.79 Å². The minimum absolute atomic E-state index is 0.122. The molecule has 17 heavy (non-hydrogen) atoms. The van der Waals surface area contributed by atoms with Crippen LogP contribution in [0, 0.1) is 0 Å². The number of hydrogen-bond donors (Lipinski definition) is 2. The van der Waals surface area contributed by atoms with Crippen LogP contribution >= 0.6 is 0 Å². The topological polar surface area (TPSA) is 68.0 Å². The molecular weight excluding hydrogens is 214 g/mol. The molecule has 4 nitrogen and oxygen atoms in total. The number of nitrogens with one attached hydrogen (secondary N) is 1. The molecule has 1 aromatic heterocycles. The predicted molar refractivity (Wildman–Crippen MR) is 68.3 cm³/mol. The zero-order chi connectivity index (χ0) is 12.9. The van der Waals surface area contributed by atoms with E-state index in [1.165, 1.54) is 0 Å². The lowest BCUT2D eigenvalue weighted by Gasteiger charge is -2.25. The van der Waals surface area contributed by atoms with Crippen molar-refractivity contribution in [1.29, 1.82) is 0 Å². The number of nitrogens with zero attached hydrogens (tertiary/aromatic N) is 1. The summed E-state index contributed by atoms with van der Waals surface area (Å²) in [6, 6.07) is 5.52. The normalized spacial score (nSPS) is 16.0. The molecule has 0 bridgehead atoms. The summed E-state index contributed by atoms with van der Waals surface area (Å²) in [4.78, 5) is 16.2. The third kappa shape index (κ3) is 3.82. The van der Waals surface area contributed by atoms with Crippen molar-refractivity contribution in [3.05, 3.63) is 30.1 Å². The summed E-state index contributed by atoms with van der Waals surface area (Å²) in [6.07, 6.45) is 3.28. The average molecular weight is 235 g/mol. The Morgan fingerprint density at radius 3 is 2.82 bits per heavy atom. The van der Waals surface area contributed by atoms with E-state index in [1.807, 2.05) is 32.0 Å². The van der Waals surface area contributed by atoms with Crippen molar-refractivity contribution in [2.24, 2.45) is 5.73 Å². The Hall–Kier alpha value is -1.42. The summed E-state index contributed by atoms with van der Waals surface area (Å²) >= 11 is 0. The fraction of sp³-hybridized carbons (Fsp3) is 0.538. The lowest BCUT2D eigenvalue weighted by atomic mass is 9.96. The van der Waals surface area contributed by atoms with Gasteiger partial charge in [-0.15, -0.1) is 0 Å². The van der Waals surface area contributed by atoms with Gasteiger partial charge in [-0.3, -0.25) is 9.78 Å². The number of aromatic nitrogens is 1. The maximum atomic E-state index is 12.0. The van der Waals surface area contributed by atoms with Crippen molar-refractivity contribution >= 4 is 5.91 Å². The molecule has 4 heteroatoms. The molecule has 0 radical (unpaired) electrons. The zero-order valence-corrected chi connectivity index (χ0v) is 10.7. The summed E-state index contributed by atoms with van der Waals surface area (Å²) in [5.41, 5.74) is 6.00. The zero-order valence-electron chi connectivity index (χ0n) is 10.7. The van der Waals surface area contributed by atoms with Gasteiger partial charge < -0.3 is 11.1 Å². The van der Waals surface area contributed by atoms with Gasteiger partial charge in [0.05, 0.1) is 17.3 Å². The highest BCUT2D eigenvalue weighted by Crippen LogP contribution is 2.13. The van der Waals surface area contributed by atoms with E-state index in [0.717, 1.165) is 12.1 Å². The number of rotatable bonds is 5. The van der Waals surface area contributed by atoms with Crippen LogP contribution < -0.4 is 11.1 Å². The van der Waals surface area contributed by atoms with Gasteiger partial charge in [0, 0.05) is 6.20 Å². The first-order valence-corrected chi connectivity index (χ1v) is 5.98. The minimum atomic E-state index is -0.808. The molecule has 1 heterocycles. The Kier molecular flexibility index (Phi) is 4.63. The van der Waals surface area contributed by atoms with Gasteiger partial charge in [-0.25, -0.2) is 0 Å². The van der Waals surface area contributed by atoms with Crippen LogP contribution in [0.3, 0.4) is 0 Å². The van der Waals surface area contributed by atoms with Crippen molar-refractivity contribution in [2.75, 3.05) is 0 Å². The fourth-order valence-electron chi connectivity index (χ4n) is 1.70. The molecule has 0 saturated heterocycles. The SMILES string of the molecule is CCCC(C)(N)C(=O)N[C@@H](C)c1ccccn1. The van der Waals surface area contributed by atoms with Gasteiger partial charge in [-0.1, -0.05) is 19.4 Å². The molecule has 2 atom stereocenters. The van der Waals surface area contributed by atoms with Gasteiger partial charge >= 0.3 is 0 Å². The molecule has 0 aliphatic heterocycles. The molecule has 1 amide bonds.